The van der Waals surface area contributed by atoms with E-state index in [2.05, 4.69) is 20.5 Å². The van der Waals surface area contributed by atoms with Gasteiger partial charge in [0.25, 0.3) is 23.4 Å². The minimum absolute atomic E-state index is 0.160. The smallest absolute Gasteiger partial charge is 0.270 e. The molecule has 258 valence electrons. The third-order valence-electron chi connectivity index (χ3n) is 9.03. The number of aromatic amines is 1. The number of benzene rings is 4. The van der Waals surface area contributed by atoms with E-state index in [1.807, 2.05) is 44.2 Å². The van der Waals surface area contributed by atoms with Crippen molar-refractivity contribution in [2.45, 2.75) is 12.8 Å². The molecule has 0 spiro atoms. The highest BCUT2D eigenvalue weighted by Gasteiger charge is 2.34. The number of rotatable bonds is 14. The van der Waals surface area contributed by atoms with Crippen LogP contribution in [0, 0.1) is 10.1 Å². The van der Waals surface area contributed by atoms with Crippen LogP contribution in [0.25, 0.3) is 32.6 Å². The fourth-order valence-corrected chi connectivity index (χ4v) is 6.49. The summed E-state index contributed by atoms with van der Waals surface area (Å²) in [5, 5.41) is 19.7. The normalized spacial score (nSPS) is 12.9. The van der Waals surface area contributed by atoms with Crippen molar-refractivity contribution in [3.05, 3.63) is 104 Å². The van der Waals surface area contributed by atoms with E-state index in [1.54, 1.807) is 36.4 Å². The maximum absolute atomic E-state index is 13.7. The molecule has 0 unspecified atom stereocenters. The lowest BCUT2D eigenvalue weighted by molar-refractivity contribution is -0.384. The molecule has 0 saturated carbocycles. The van der Waals surface area contributed by atoms with Crippen molar-refractivity contribution in [1.82, 2.24) is 25.0 Å². The summed E-state index contributed by atoms with van der Waals surface area (Å²) in [5.74, 6) is -1.19. The first-order chi connectivity index (χ1) is 24.0. The van der Waals surface area contributed by atoms with Crippen LogP contribution in [0.4, 0.5) is 11.4 Å². The largest absolute Gasteiger partial charge is 0.384 e. The van der Waals surface area contributed by atoms with Gasteiger partial charge in [-0.15, -0.1) is 0 Å². The Labute approximate surface area is 288 Å². The van der Waals surface area contributed by atoms with Gasteiger partial charge in [-0.25, -0.2) is 0 Å². The molecule has 6 rings (SSSR count). The number of H-pyrrole nitrogens is 1. The van der Waals surface area contributed by atoms with Gasteiger partial charge in [0.05, 0.1) is 27.0 Å². The molecule has 1 aliphatic heterocycles. The lowest BCUT2D eigenvalue weighted by Gasteiger charge is -2.27. The van der Waals surface area contributed by atoms with Crippen LogP contribution >= 0.6 is 0 Å². The molecule has 1 aliphatic rings. The summed E-state index contributed by atoms with van der Waals surface area (Å²) in [5.41, 5.74) is 2.35. The first-order valence-electron chi connectivity index (χ1n) is 16.6. The fourth-order valence-electron chi connectivity index (χ4n) is 6.49. The van der Waals surface area contributed by atoms with Gasteiger partial charge >= 0.3 is 0 Å². The van der Waals surface area contributed by atoms with E-state index in [1.165, 1.54) is 17.0 Å². The van der Waals surface area contributed by atoms with Gasteiger partial charge in [-0.05, 0) is 82.8 Å². The van der Waals surface area contributed by atoms with Gasteiger partial charge < -0.3 is 25.4 Å². The molecular weight excluding hydrogens is 638 g/mol. The molecule has 50 heavy (non-hydrogen) atoms. The highest BCUT2D eigenvalue weighted by molar-refractivity contribution is 6.25. The number of non-ortho nitro benzene ring substituents is 1. The Bertz CT molecular complexity index is 2210. The number of hydrogen-bond acceptors (Lipinski definition) is 9. The van der Waals surface area contributed by atoms with E-state index < -0.39 is 16.7 Å². The number of imide groups is 1. The maximum atomic E-state index is 13.7. The summed E-state index contributed by atoms with van der Waals surface area (Å²) in [4.78, 5) is 73.0. The van der Waals surface area contributed by atoms with Gasteiger partial charge in [-0.2, -0.15) is 0 Å². The standard InChI is InChI=1S/C37H39N7O6/c1-41(2)20-16-39-35(46)27-13-14-30(32-33(27)40-29-12-5-4-10-25(29)34(32)45)38-15-7-17-42(3)18-8-19-43-36(47)26-11-6-9-23-21-24(44(49)50)22-28(31(23)26)37(43)48/h4-6,9-14,21-22,38H,7-8,15-20H2,1-3H3,(H,39,46)(H,40,45). The van der Waals surface area contributed by atoms with Crippen molar-refractivity contribution in [3.8, 4) is 0 Å². The van der Waals surface area contributed by atoms with Gasteiger partial charge in [-0.3, -0.25) is 34.2 Å². The Morgan fingerprint density at radius 3 is 2.40 bits per heavy atom. The number of hydrogen-bond donors (Lipinski definition) is 3. The number of likely N-dealkylation sites (N-methyl/N-ethyl adjacent to an activating group) is 1. The summed E-state index contributed by atoms with van der Waals surface area (Å²) < 4.78 is 0. The zero-order chi connectivity index (χ0) is 35.5. The summed E-state index contributed by atoms with van der Waals surface area (Å²) >= 11 is 0. The van der Waals surface area contributed by atoms with Crippen LogP contribution in [-0.2, 0) is 0 Å². The Balaban J connectivity index is 1.08. The van der Waals surface area contributed by atoms with Crippen LogP contribution in [0.2, 0.25) is 0 Å². The monoisotopic (exact) mass is 677 g/mol. The predicted octanol–water partition coefficient (Wildman–Crippen LogP) is 4.45. The van der Waals surface area contributed by atoms with E-state index in [0.29, 0.717) is 88.5 Å². The van der Waals surface area contributed by atoms with Gasteiger partial charge in [-0.1, -0.05) is 24.3 Å². The van der Waals surface area contributed by atoms with Crippen LogP contribution in [0.5, 0.6) is 0 Å². The van der Waals surface area contributed by atoms with Crippen molar-refractivity contribution in [3.63, 3.8) is 0 Å². The summed E-state index contributed by atoms with van der Waals surface area (Å²) in [7, 11) is 5.82. The molecular formula is C37H39N7O6. The molecule has 13 nitrogen and oxygen atoms in total. The number of para-hydroxylation sites is 1. The summed E-state index contributed by atoms with van der Waals surface area (Å²) in [6, 6.07) is 18.4. The number of carbonyl (C=O) groups excluding carboxylic acids is 3. The Hall–Kier alpha value is -5.66. The Morgan fingerprint density at radius 2 is 1.62 bits per heavy atom. The van der Waals surface area contributed by atoms with Crippen molar-refractivity contribution in [1.29, 1.82) is 0 Å². The number of nitrogens with zero attached hydrogens (tertiary/aromatic N) is 4. The van der Waals surface area contributed by atoms with E-state index in [4.69, 9.17) is 0 Å². The second kappa shape index (κ2) is 14.4. The Morgan fingerprint density at radius 1 is 0.860 bits per heavy atom. The highest BCUT2D eigenvalue weighted by atomic mass is 16.6. The molecule has 0 radical (unpaired) electrons. The Kier molecular flexibility index (Phi) is 9.88. The number of anilines is 1. The quantitative estimate of drug-likeness (QED) is 0.0507. The lowest BCUT2D eigenvalue weighted by atomic mass is 9.93. The predicted molar refractivity (Wildman–Crippen MR) is 194 cm³/mol. The van der Waals surface area contributed by atoms with Crippen LogP contribution < -0.4 is 16.1 Å². The molecule has 13 heteroatoms. The zero-order valence-corrected chi connectivity index (χ0v) is 28.2. The number of nitrogens with one attached hydrogen (secondary N) is 3. The number of nitro benzene ring substituents is 1. The van der Waals surface area contributed by atoms with Gasteiger partial charge in [0.1, 0.15) is 0 Å². The van der Waals surface area contributed by atoms with Crippen molar-refractivity contribution >= 4 is 61.7 Å². The molecule has 5 aromatic rings. The summed E-state index contributed by atoms with van der Waals surface area (Å²) in [6.07, 6.45) is 1.25. The molecule has 4 aromatic carbocycles. The average molecular weight is 678 g/mol. The van der Waals surface area contributed by atoms with Crippen LogP contribution in [0.15, 0.2) is 71.5 Å². The topological polar surface area (TPSA) is 161 Å². The molecule has 2 heterocycles. The number of carbonyl (C=O) groups is 3. The maximum Gasteiger partial charge on any atom is 0.270 e. The number of nitro groups is 1. The zero-order valence-electron chi connectivity index (χ0n) is 28.2. The average Bonchev–Trinajstić information content (AvgIpc) is 3.09. The SMILES string of the molecule is CN(C)CCNC(=O)c1ccc(NCCCN(C)CCCN2C(=O)c3cccc4cc([N+](=O)[O-])cc(c34)C2=O)c2c(=O)c3ccccc3[nH]c12. The fraction of sp³-hybridized carbons (Fsp3) is 0.297. The van der Waals surface area contributed by atoms with Crippen LogP contribution in [0.3, 0.4) is 0 Å². The molecule has 0 fully saturated rings. The second-order valence-electron chi connectivity index (χ2n) is 12.8. The number of aromatic nitrogens is 1. The third-order valence-corrected chi connectivity index (χ3v) is 9.03. The van der Waals surface area contributed by atoms with Crippen molar-refractivity contribution in [2.24, 2.45) is 0 Å². The van der Waals surface area contributed by atoms with E-state index in [-0.39, 0.29) is 29.1 Å². The summed E-state index contributed by atoms with van der Waals surface area (Å²) in [6.45, 7) is 3.20. The minimum atomic E-state index is -0.537. The molecule has 1 aromatic heterocycles. The van der Waals surface area contributed by atoms with E-state index >= 15 is 0 Å². The molecule has 0 aliphatic carbocycles. The lowest BCUT2D eigenvalue weighted by Crippen LogP contribution is -2.41. The van der Waals surface area contributed by atoms with Crippen molar-refractivity contribution < 1.29 is 19.3 Å². The first kappa shape index (κ1) is 34.2. The molecule has 3 N–H and O–H groups in total. The number of amides is 3. The van der Waals surface area contributed by atoms with Gasteiger partial charge in [0, 0.05) is 65.9 Å². The van der Waals surface area contributed by atoms with Crippen LogP contribution in [-0.4, -0.2) is 103 Å². The van der Waals surface area contributed by atoms with E-state index in [0.717, 1.165) is 6.42 Å². The van der Waals surface area contributed by atoms with Gasteiger partial charge in [0.15, 0.2) is 5.43 Å². The van der Waals surface area contributed by atoms with Crippen LogP contribution in [0.1, 0.15) is 43.9 Å². The second-order valence-corrected chi connectivity index (χ2v) is 12.8. The third kappa shape index (κ3) is 6.78. The molecule has 0 atom stereocenters. The minimum Gasteiger partial charge on any atom is -0.384 e. The van der Waals surface area contributed by atoms with E-state index in [9.17, 15) is 29.3 Å². The van der Waals surface area contributed by atoms with Crippen molar-refractivity contribution in [2.75, 3.05) is 65.7 Å². The molecule has 3 amide bonds. The highest BCUT2D eigenvalue weighted by Crippen LogP contribution is 2.33. The van der Waals surface area contributed by atoms with Gasteiger partial charge in [0.2, 0.25) is 0 Å². The first-order valence-corrected chi connectivity index (χ1v) is 16.6. The molecule has 0 saturated heterocycles. The number of pyridine rings is 1. The molecule has 0 bridgehead atoms. The number of fused-ring (bicyclic) bond motifs is 2.